The number of aromatic nitrogens is 3. The Morgan fingerprint density at radius 2 is 1.85 bits per heavy atom. The summed E-state index contributed by atoms with van der Waals surface area (Å²) in [5.41, 5.74) is 2.81. The van der Waals surface area contributed by atoms with Crippen LogP contribution in [0.4, 0.5) is 10.5 Å². The van der Waals surface area contributed by atoms with Crippen LogP contribution in [-0.4, -0.2) is 57.1 Å². The van der Waals surface area contributed by atoms with Crippen molar-refractivity contribution in [2.24, 2.45) is 0 Å². The van der Waals surface area contributed by atoms with Crippen LogP contribution in [0.1, 0.15) is 53.2 Å². The van der Waals surface area contributed by atoms with Crippen molar-refractivity contribution in [3.8, 4) is 16.8 Å². The van der Waals surface area contributed by atoms with E-state index < -0.39 is 29.7 Å². The number of ether oxygens (including phenoxy) is 1. The molecule has 10 heteroatoms. The molecule has 0 bridgehead atoms. The summed E-state index contributed by atoms with van der Waals surface area (Å²) in [5.74, 6) is -0.721. The molecule has 10 nitrogen and oxygen atoms in total. The summed E-state index contributed by atoms with van der Waals surface area (Å²) >= 11 is 0. The van der Waals surface area contributed by atoms with Gasteiger partial charge in [0.1, 0.15) is 17.7 Å². The van der Waals surface area contributed by atoms with Gasteiger partial charge in [-0.3, -0.25) is 14.5 Å². The normalized spacial score (nSPS) is 15.9. The fraction of sp³-hybridized carbons (Fsp3) is 0.414. The molecule has 0 fully saturated rings. The number of carbonyl (C=O) groups is 3. The lowest BCUT2D eigenvalue weighted by atomic mass is 10.00. The lowest BCUT2D eigenvalue weighted by Crippen LogP contribution is -2.57. The summed E-state index contributed by atoms with van der Waals surface area (Å²) in [6.07, 6.45) is 2.72. The van der Waals surface area contributed by atoms with Crippen molar-refractivity contribution in [1.29, 1.82) is 0 Å². The van der Waals surface area contributed by atoms with Gasteiger partial charge in [0.15, 0.2) is 0 Å². The van der Waals surface area contributed by atoms with E-state index in [-0.39, 0.29) is 12.3 Å². The van der Waals surface area contributed by atoms with Crippen molar-refractivity contribution in [3.05, 3.63) is 60.4 Å². The van der Waals surface area contributed by atoms with Crippen molar-refractivity contribution in [3.63, 3.8) is 0 Å². The number of benzene rings is 2. The first-order chi connectivity index (χ1) is 18.6. The molecule has 3 amide bonds. The van der Waals surface area contributed by atoms with Crippen LogP contribution in [-0.2, 0) is 20.7 Å². The van der Waals surface area contributed by atoms with Crippen molar-refractivity contribution >= 4 is 23.6 Å². The number of rotatable bonds is 7. The van der Waals surface area contributed by atoms with Crippen LogP contribution < -0.4 is 15.5 Å². The van der Waals surface area contributed by atoms with E-state index in [1.165, 1.54) is 4.90 Å². The van der Waals surface area contributed by atoms with E-state index in [0.717, 1.165) is 24.0 Å². The number of hydrogen-bond acceptors (Lipinski definition) is 6. The molecular formula is C29H36N6O4. The van der Waals surface area contributed by atoms with Crippen LogP contribution in [0.5, 0.6) is 0 Å². The van der Waals surface area contributed by atoms with E-state index in [9.17, 15) is 14.4 Å². The highest BCUT2D eigenvalue weighted by Gasteiger charge is 2.38. The molecule has 3 aromatic rings. The number of nitrogens with zero attached hydrogens (tertiary/aromatic N) is 4. The Morgan fingerprint density at radius 1 is 1.10 bits per heavy atom. The molecule has 1 aliphatic heterocycles. The van der Waals surface area contributed by atoms with Gasteiger partial charge in [0, 0.05) is 13.0 Å². The van der Waals surface area contributed by atoms with Gasteiger partial charge in [-0.25, -0.2) is 9.48 Å². The molecule has 1 unspecified atom stereocenters. The zero-order valence-corrected chi connectivity index (χ0v) is 23.1. The van der Waals surface area contributed by atoms with Gasteiger partial charge in [0.25, 0.3) is 5.91 Å². The number of unbranched alkanes of at least 4 members (excludes halogenated alkanes) is 1. The summed E-state index contributed by atoms with van der Waals surface area (Å²) in [5, 5.41) is 14.0. The minimum Gasteiger partial charge on any atom is -0.444 e. The average molecular weight is 533 g/mol. The molecule has 2 aromatic carbocycles. The Labute approximate surface area is 228 Å². The summed E-state index contributed by atoms with van der Waals surface area (Å²) in [6.45, 7) is 9.49. The summed E-state index contributed by atoms with van der Waals surface area (Å²) in [4.78, 5) is 41.8. The highest BCUT2D eigenvalue weighted by molar-refractivity contribution is 6.06. The maximum Gasteiger partial charge on any atom is 0.408 e. The molecule has 39 heavy (non-hydrogen) atoms. The number of alkyl carbamates (subject to hydrolysis) is 1. The quantitative estimate of drug-likeness (QED) is 0.444. The number of anilines is 1. The first kappa shape index (κ1) is 27.8. The third-order valence-corrected chi connectivity index (χ3v) is 6.43. The van der Waals surface area contributed by atoms with Gasteiger partial charge in [-0.15, -0.1) is 5.10 Å². The summed E-state index contributed by atoms with van der Waals surface area (Å²) in [6, 6.07) is 13.6. The Morgan fingerprint density at radius 3 is 2.54 bits per heavy atom. The second-order valence-electron chi connectivity index (χ2n) is 10.6. The Bertz CT molecular complexity index is 1330. The first-order valence-corrected chi connectivity index (χ1v) is 13.3. The molecule has 0 aliphatic carbocycles. The molecule has 0 radical (unpaired) electrons. The highest BCUT2D eigenvalue weighted by Crippen LogP contribution is 2.34. The number of nitrogens with one attached hydrogen (secondary N) is 2. The van der Waals surface area contributed by atoms with Crippen LogP contribution in [0.25, 0.3) is 16.8 Å². The zero-order valence-electron chi connectivity index (χ0n) is 23.1. The summed E-state index contributed by atoms with van der Waals surface area (Å²) in [7, 11) is 0. The van der Waals surface area contributed by atoms with Gasteiger partial charge < -0.3 is 15.4 Å². The minimum atomic E-state index is -1.02. The lowest BCUT2D eigenvalue weighted by molar-refractivity contribution is -0.127. The highest BCUT2D eigenvalue weighted by atomic mass is 16.6. The largest absolute Gasteiger partial charge is 0.444 e. The number of amides is 3. The van der Waals surface area contributed by atoms with Gasteiger partial charge in [0.05, 0.1) is 23.3 Å². The molecule has 1 aromatic heterocycles. The van der Waals surface area contributed by atoms with Crippen LogP contribution in [0, 0.1) is 0 Å². The van der Waals surface area contributed by atoms with Crippen molar-refractivity contribution in [1.82, 2.24) is 25.6 Å². The van der Waals surface area contributed by atoms with Crippen molar-refractivity contribution in [2.45, 2.75) is 71.6 Å². The average Bonchev–Trinajstić information content (AvgIpc) is 3.34. The number of carbonyl (C=O) groups excluding carboxylic acids is 3. The van der Waals surface area contributed by atoms with E-state index in [1.807, 2.05) is 55.5 Å². The van der Waals surface area contributed by atoms with Gasteiger partial charge in [-0.05, 0) is 57.4 Å². The standard InChI is InChI=1S/C29H36N6O4/c1-6-7-15-30-26(36)19(2)34-25-16-21(20-11-9-8-10-12-20)13-14-24(25)35-22(18-31-33-35)17-23(27(34)37)32-28(38)39-29(3,4)5/h8-14,16,18-19,23H,6-7,15,17H2,1-5H3,(H,30,36)(H,32,38)/t19?,23-/m0/s1. The van der Waals surface area contributed by atoms with Gasteiger partial charge in [0.2, 0.25) is 5.91 Å². The molecule has 1 aliphatic rings. The van der Waals surface area contributed by atoms with E-state index in [0.29, 0.717) is 23.6 Å². The van der Waals surface area contributed by atoms with Crippen LogP contribution >= 0.6 is 0 Å². The molecule has 2 atom stereocenters. The Balaban J connectivity index is 1.83. The number of fused-ring (bicyclic) bond motifs is 3. The molecule has 2 heterocycles. The zero-order chi connectivity index (χ0) is 28.2. The van der Waals surface area contributed by atoms with Crippen LogP contribution in [0.15, 0.2) is 54.7 Å². The monoisotopic (exact) mass is 532 g/mol. The summed E-state index contributed by atoms with van der Waals surface area (Å²) < 4.78 is 7.10. The molecular weight excluding hydrogens is 496 g/mol. The topological polar surface area (TPSA) is 118 Å². The first-order valence-electron chi connectivity index (χ1n) is 13.3. The molecule has 0 saturated heterocycles. The van der Waals surface area contributed by atoms with Gasteiger partial charge in [-0.2, -0.15) is 0 Å². The minimum absolute atomic E-state index is 0.117. The van der Waals surface area contributed by atoms with Gasteiger partial charge in [-0.1, -0.05) is 55.0 Å². The fourth-order valence-electron chi connectivity index (χ4n) is 4.50. The van der Waals surface area contributed by atoms with E-state index in [4.69, 9.17) is 4.74 Å². The lowest BCUT2D eigenvalue weighted by Gasteiger charge is -2.35. The Hall–Kier alpha value is -4.21. The SMILES string of the molecule is CCCCNC(=O)C(C)N1C(=O)[C@@H](NC(=O)OC(C)(C)C)Cc2cnnn2-c2ccc(-c3ccccc3)cc21. The third-order valence-electron chi connectivity index (χ3n) is 6.43. The Kier molecular flexibility index (Phi) is 8.32. The smallest absolute Gasteiger partial charge is 0.408 e. The van der Waals surface area contributed by atoms with E-state index in [2.05, 4.69) is 20.9 Å². The third kappa shape index (κ3) is 6.45. The molecule has 2 N–H and O–H groups in total. The predicted octanol–water partition coefficient (Wildman–Crippen LogP) is 4.02. The predicted molar refractivity (Wildman–Crippen MR) is 149 cm³/mol. The molecule has 0 spiro atoms. The maximum atomic E-state index is 14.2. The van der Waals surface area contributed by atoms with Crippen molar-refractivity contribution < 1.29 is 19.1 Å². The van der Waals surface area contributed by atoms with Gasteiger partial charge >= 0.3 is 6.09 Å². The van der Waals surface area contributed by atoms with Crippen molar-refractivity contribution in [2.75, 3.05) is 11.4 Å². The number of hydrogen-bond donors (Lipinski definition) is 2. The molecule has 4 rings (SSSR count). The molecule has 0 saturated carbocycles. The van der Waals surface area contributed by atoms with Crippen LogP contribution in [0.3, 0.4) is 0 Å². The molecule has 206 valence electrons. The van der Waals surface area contributed by atoms with E-state index in [1.54, 1.807) is 38.6 Å². The van der Waals surface area contributed by atoms with E-state index >= 15 is 0 Å². The maximum absolute atomic E-state index is 14.2. The fourth-order valence-corrected chi connectivity index (χ4v) is 4.50. The second kappa shape index (κ2) is 11.7. The second-order valence-corrected chi connectivity index (χ2v) is 10.6. The van der Waals surface area contributed by atoms with Crippen LogP contribution in [0.2, 0.25) is 0 Å².